The molecular weight excluding hydrogens is 354 g/mol. The summed E-state index contributed by atoms with van der Waals surface area (Å²) < 4.78 is 0.820. The van der Waals surface area contributed by atoms with E-state index < -0.39 is 0 Å². The summed E-state index contributed by atoms with van der Waals surface area (Å²) in [5, 5.41) is 19.8. The third-order valence-corrected chi connectivity index (χ3v) is 5.23. The number of hydrogen-bond donors (Lipinski definition) is 2. The maximum Gasteiger partial charge on any atom is 0.255 e. The molecular formula is C17H13N5OS2. The Morgan fingerprint density at radius 2 is 1.88 bits per heavy atom. The molecule has 1 heterocycles. The number of nitrogen functional groups attached to an aromatic ring is 1. The number of hydrogen-bond acceptors (Lipinski definition) is 7. The molecule has 25 heavy (non-hydrogen) atoms. The maximum atomic E-state index is 12.3. The predicted molar refractivity (Wildman–Crippen MR) is 99.4 cm³/mol. The number of nitriles is 1. The van der Waals surface area contributed by atoms with Crippen molar-refractivity contribution < 1.29 is 4.79 Å². The molecule has 0 spiro atoms. The van der Waals surface area contributed by atoms with Crippen LogP contribution in [0, 0.1) is 11.3 Å². The first-order valence-electron chi connectivity index (χ1n) is 7.26. The van der Waals surface area contributed by atoms with Crippen LogP contribution < -0.4 is 11.1 Å². The quantitative estimate of drug-likeness (QED) is 0.668. The largest absolute Gasteiger partial charge is 0.374 e. The second kappa shape index (κ2) is 7.79. The maximum absolute atomic E-state index is 12.3. The Hall–Kier alpha value is -2.89. The van der Waals surface area contributed by atoms with Crippen LogP contribution >= 0.6 is 23.1 Å². The van der Waals surface area contributed by atoms with Gasteiger partial charge in [0.25, 0.3) is 5.91 Å². The highest BCUT2D eigenvalue weighted by molar-refractivity contribution is 8.00. The van der Waals surface area contributed by atoms with Gasteiger partial charge >= 0.3 is 0 Å². The Bertz CT molecular complexity index is 913. The minimum Gasteiger partial charge on any atom is -0.374 e. The van der Waals surface area contributed by atoms with Gasteiger partial charge in [-0.1, -0.05) is 35.2 Å². The van der Waals surface area contributed by atoms with Gasteiger partial charge in [0.2, 0.25) is 5.13 Å². The van der Waals surface area contributed by atoms with Crippen LogP contribution in [0.25, 0.3) is 0 Å². The first-order chi connectivity index (χ1) is 12.1. The number of nitrogens with one attached hydrogen (secondary N) is 1. The van der Waals surface area contributed by atoms with Gasteiger partial charge in [-0.15, -0.1) is 10.2 Å². The van der Waals surface area contributed by atoms with E-state index in [4.69, 9.17) is 11.0 Å². The van der Waals surface area contributed by atoms with Gasteiger partial charge in [0, 0.05) is 17.0 Å². The molecule has 0 aliphatic carbocycles. The van der Waals surface area contributed by atoms with Crippen LogP contribution in [0.2, 0.25) is 0 Å². The van der Waals surface area contributed by atoms with E-state index in [0.29, 0.717) is 21.9 Å². The summed E-state index contributed by atoms with van der Waals surface area (Å²) in [6.45, 7) is 0. The fraction of sp³-hybridized carbons (Fsp3) is 0.0588. The van der Waals surface area contributed by atoms with Gasteiger partial charge in [0.05, 0.1) is 11.6 Å². The smallest absolute Gasteiger partial charge is 0.255 e. The molecule has 0 radical (unpaired) electrons. The van der Waals surface area contributed by atoms with E-state index >= 15 is 0 Å². The molecule has 1 aromatic heterocycles. The van der Waals surface area contributed by atoms with Gasteiger partial charge in [-0.05, 0) is 42.0 Å². The molecule has 0 unspecified atom stereocenters. The number of aromatic nitrogens is 2. The Labute approximate surface area is 152 Å². The second-order valence-electron chi connectivity index (χ2n) is 5.04. The topological polar surface area (TPSA) is 105 Å². The Morgan fingerprint density at radius 3 is 2.48 bits per heavy atom. The van der Waals surface area contributed by atoms with Crippen molar-refractivity contribution in [3.8, 4) is 6.07 Å². The van der Waals surface area contributed by atoms with E-state index in [1.54, 1.807) is 48.2 Å². The normalized spacial score (nSPS) is 10.2. The van der Waals surface area contributed by atoms with E-state index in [9.17, 15) is 4.79 Å². The van der Waals surface area contributed by atoms with E-state index in [1.807, 2.05) is 18.2 Å². The zero-order valence-corrected chi connectivity index (χ0v) is 14.6. The van der Waals surface area contributed by atoms with Crippen LogP contribution in [-0.2, 0) is 5.75 Å². The molecule has 0 fully saturated rings. The first-order valence-corrected chi connectivity index (χ1v) is 9.06. The molecule has 0 aliphatic rings. The lowest BCUT2D eigenvalue weighted by Gasteiger charge is -2.06. The van der Waals surface area contributed by atoms with E-state index in [1.165, 1.54) is 11.3 Å². The number of thioether (sulfide) groups is 1. The number of carbonyl (C=O) groups is 1. The molecule has 3 rings (SSSR count). The molecule has 3 N–H and O–H groups in total. The number of nitrogens with two attached hydrogens (primary N) is 1. The number of nitrogens with zero attached hydrogens (tertiary/aromatic N) is 3. The van der Waals surface area contributed by atoms with Crippen LogP contribution in [0.4, 0.5) is 10.8 Å². The zero-order valence-electron chi connectivity index (χ0n) is 13.0. The van der Waals surface area contributed by atoms with Crippen molar-refractivity contribution in [2.75, 3.05) is 11.1 Å². The highest BCUT2D eigenvalue weighted by Crippen LogP contribution is 2.26. The summed E-state index contributed by atoms with van der Waals surface area (Å²) >= 11 is 2.91. The minimum absolute atomic E-state index is 0.194. The van der Waals surface area contributed by atoms with Gasteiger partial charge in [-0.25, -0.2) is 0 Å². The predicted octanol–water partition coefficient (Wildman–Crippen LogP) is 3.54. The molecule has 0 saturated carbocycles. The number of carbonyl (C=O) groups excluding carboxylic acids is 1. The molecule has 0 aliphatic heterocycles. The van der Waals surface area contributed by atoms with Crippen LogP contribution in [0.1, 0.15) is 21.5 Å². The molecule has 0 bridgehead atoms. The average molecular weight is 367 g/mol. The fourth-order valence-electron chi connectivity index (χ4n) is 2.01. The molecule has 2 aromatic carbocycles. The van der Waals surface area contributed by atoms with Crippen molar-refractivity contribution in [1.29, 1.82) is 5.26 Å². The SMILES string of the molecule is N#Cc1ccc(NC(=O)c2ccc(CSc3nnc(N)s3)cc2)cc1. The fourth-order valence-corrected chi connectivity index (χ4v) is 3.60. The van der Waals surface area contributed by atoms with Crippen molar-refractivity contribution in [2.24, 2.45) is 0 Å². The van der Waals surface area contributed by atoms with Crippen LogP contribution in [0.15, 0.2) is 52.9 Å². The van der Waals surface area contributed by atoms with Crippen molar-refractivity contribution in [3.05, 3.63) is 65.2 Å². The van der Waals surface area contributed by atoms with E-state index in [2.05, 4.69) is 15.5 Å². The highest BCUT2D eigenvalue weighted by atomic mass is 32.2. The van der Waals surface area contributed by atoms with Gasteiger partial charge < -0.3 is 11.1 Å². The lowest BCUT2D eigenvalue weighted by molar-refractivity contribution is 0.102. The Morgan fingerprint density at radius 1 is 1.16 bits per heavy atom. The standard InChI is InChI=1S/C17H13N5OS2/c18-9-11-3-7-14(8-4-11)20-15(23)13-5-1-12(2-6-13)10-24-17-22-21-16(19)25-17/h1-8H,10H2,(H2,19,21)(H,20,23). The summed E-state index contributed by atoms with van der Waals surface area (Å²) in [5.41, 5.74) is 8.40. The number of anilines is 2. The molecule has 124 valence electrons. The highest BCUT2D eigenvalue weighted by Gasteiger charge is 2.07. The third-order valence-electron chi connectivity index (χ3n) is 3.27. The van der Waals surface area contributed by atoms with Gasteiger partial charge in [-0.3, -0.25) is 4.79 Å². The second-order valence-corrected chi connectivity index (χ2v) is 7.27. The Balaban J connectivity index is 1.59. The summed E-state index contributed by atoms with van der Waals surface area (Å²) in [4.78, 5) is 12.3. The lowest BCUT2D eigenvalue weighted by atomic mass is 10.1. The van der Waals surface area contributed by atoms with Crippen molar-refractivity contribution in [1.82, 2.24) is 10.2 Å². The van der Waals surface area contributed by atoms with Gasteiger partial charge in [-0.2, -0.15) is 5.26 Å². The summed E-state index contributed by atoms with van der Waals surface area (Å²) in [6, 6.07) is 16.2. The average Bonchev–Trinajstić information content (AvgIpc) is 3.06. The summed E-state index contributed by atoms with van der Waals surface area (Å²) in [6.07, 6.45) is 0. The molecule has 8 heteroatoms. The zero-order chi connectivity index (χ0) is 17.6. The summed E-state index contributed by atoms with van der Waals surface area (Å²) in [7, 11) is 0. The number of amides is 1. The molecule has 0 atom stereocenters. The van der Waals surface area contributed by atoms with Crippen molar-refractivity contribution >= 4 is 39.8 Å². The monoisotopic (exact) mass is 367 g/mol. The first kappa shape index (κ1) is 17.0. The molecule has 1 amide bonds. The van der Waals surface area contributed by atoms with E-state index in [0.717, 1.165) is 15.7 Å². The Kier molecular flexibility index (Phi) is 5.28. The molecule has 0 saturated heterocycles. The minimum atomic E-state index is -0.194. The van der Waals surface area contributed by atoms with Crippen LogP contribution in [0.5, 0.6) is 0 Å². The van der Waals surface area contributed by atoms with E-state index in [-0.39, 0.29) is 5.91 Å². The van der Waals surface area contributed by atoms with Crippen molar-refractivity contribution in [3.63, 3.8) is 0 Å². The van der Waals surface area contributed by atoms with Crippen molar-refractivity contribution in [2.45, 2.75) is 10.1 Å². The third kappa shape index (κ3) is 4.56. The lowest BCUT2D eigenvalue weighted by Crippen LogP contribution is -2.11. The molecule has 6 nitrogen and oxygen atoms in total. The summed E-state index contributed by atoms with van der Waals surface area (Å²) in [5.74, 6) is 0.535. The van der Waals surface area contributed by atoms with Crippen LogP contribution in [-0.4, -0.2) is 16.1 Å². The number of rotatable bonds is 5. The van der Waals surface area contributed by atoms with Gasteiger partial charge in [0.15, 0.2) is 4.34 Å². The van der Waals surface area contributed by atoms with Gasteiger partial charge in [0.1, 0.15) is 0 Å². The molecule has 3 aromatic rings. The number of benzene rings is 2. The van der Waals surface area contributed by atoms with Crippen LogP contribution in [0.3, 0.4) is 0 Å².